The van der Waals surface area contributed by atoms with Gasteiger partial charge in [0.2, 0.25) is 0 Å². The number of ether oxygens (including phenoxy) is 1. The van der Waals surface area contributed by atoms with E-state index in [2.05, 4.69) is 5.32 Å². The summed E-state index contributed by atoms with van der Waals surface area (Å²) in [4.78, 5) is 23.5. The molecular formula is C19H20FNO5S. The molecule has 0 aliphatic carbocycles. The Kier molecular flexibility index (Phi) is 7.06. The van der Waals surface area contributed by atoms with E-state index in [1.165, 1.54) is 0 Å². The van der Waals surface area contributed by atoms with Crippen molar-refractivity contribution >= 4 is 27.4 Å². The predicted molar refractivity (Wildman–Crippen MR) is 98.5 cm³/mol. The minimum absolute atomic E-state index is 0.0785. The minimum atomic E-state index is -3.73. The normalized spacial score (nSPS) is 11.0. The van der Waals surface area contributed by atoms with E-state index in [0.29, 0.717) is 5.69 Å². The molecule has 0 heterocycles. The van der Waals surface area contributed by atoms with Crippen LogP contribution in [0.15, 0.2) is 53.4 Å². The van der Waals surface area contributed by atoms with Gasteiger partial charge in [0.15, 0.2) is 16.4 Å². The number of aryl methyl sites for hydroxylation is 1. The number of amides is 1. The number of rotatable bonds is 8. The average Bonchev–Trinajstić information content (AvgIpc) is 2.65. The second-order valence-electron chi connectivity index (χ2n) is 5.79. The van der Waals surface area contributed by atoms with Crippen molar-refractivity contribution < 1.29 is 27.1 Å². The van der Waals surface area contributed by atoms with Crippen molar-refractivity contribution in [1.29, 1.82) is 0 Å². The number of sulfone groups is 1. The molecule has 0 atom stereocenters. The highest BCUT2D eigenvalue weighted by Gasteiger charge is 2.18. The molecule has 8 heteroatoms. The number of halogens is 1. The topological polar surface area (TPSA) is 89.5 Å². The first kappa shape index (κ1) is 20.6. The first-order valence-electron chi connectivity index (χ1n) is 8.33. The Labute approximate surface area is 157 Å². The van der Waals surface area contributed by atoms with Gasteiger partial charge in [-0.2, -0.15) is 0 Å². The number of anilines is 1. The van der Waals surface area contributed by atoms with Crippen LogP contribution in [0.1, 0.15) is 18.9 Å². The predicted octanol–water partition coefficient (Wildman–Crippen LogP) is 2.73. The van der Waals surface area contributed by atoms with E-state index < -0.39 is 46.3 Å². The van der Waals surface area contributed by atoms with E-state index in [9.17, 15) is 22.4 Å². The standard InChI is InChI=1S/C19H20FNO5S/c1-2-14-4-3-5-16(12-14)21-18(22)13-26-19(23)10-11-27(24,25)17-8-6-15(20)7-9-17/h3-9,12H,2,10-11,13H2,1H3,(H,21,22). The number of carbonyl (C=O) groups excluding carboxylic acids is 2. The lowest BCUT2D eigenvalue weighted by atomic mass is 10.1. The van der Waals surface area contributed by atoms with Crippen LogP contribution in [0.4, 0.5) is 10.1 Å². The summed E-state index contributed by atoms with van der Waals surface area (Å²) in [5, 5.41) is 2.61. The highest BCUT2D eigenvalue weighted by atomic mass is 32.2. The first-order valence-corrected chi connectivity index (χ1v) is 9.98. The van der Waals surface area contributed by atoms with Crippen LogP contribution in [0.2, 0.25) is 0 Å². The quantitative estimate of drug-likeness (QED) is 0.550. The van der Waals surface area contributed by atoms with Crippen LogP contribution in [0.5, 0.6) is 0 Å². The summed E-state index contributed by atoms with van der Waals surface area (Å²) in [6.07, 6.45) is 0.416. The van der Waals surface area contributed by atoms with E-state index in [4.69, 9.17) is 4.74 Å². The second-order valence-corrected chi connectivity index (χ2v) is 7.89. The number of hydrogen-bond acceptors (Lipinski definition) is 5. The Morgan fingerprint density at radius 2 is 1.81 bits per heavy atom. The molecule has 2 rings (SSSR count). The molecule has 144 valence electrons. The van der Waals surface area contributed by atoms with Crippen molar-refractivity contribution in [2.75, 3.05) is 17.7 Å². The lowest BCUT2D eigenvalue weighted by molar-refractivity contribution is -0.146. The number of esters is 1. The lowest BCUT2D eigenvalue weighted by Crippen LogP contribution is -2.22. The van der Waals surface area contributed by atoms with E-state index in [1.807, 2.05) is 19.1 Å². The SMILES string of the molecule is CCc1cccc(NC(=O)COC(=O)CCS(=O)(=O)c2ccc(F)cc2)c1. The van der Waals surface area contributed by atoms with Crippen molar-refractivity contribution in [3.05, 3.63) is 59.9 Å². The van der Waals surface area contributed by atoms with Crippen LogP contribution in [0, 0.1) is 5.82 Å². The van der Waals surface area contributed by atoms with E-state index in [1.54, 1.807) is 12.1 Å². The summed E-state index contributed by atoms with van der Waals surface area (Å²) in [5.41, 5.74) is 1.64. The number of carbonyl (C=O) groups is 2. The van der Waals surface area contributed by atoms with E-state index in [0.717, 1.165) is 36.2 Å². The molecule has 0 aromatic heterocycles. The molecule has 0 fully saturated rings. The van der Waals surface area contributed by atoms with Crippen molar-refractivity contribution in [3.8, 4) is 0 Å². The second kappa shape index (κ2) is 9.27. The van der Waals surface area contributed by atoms with Crippen LogP contribution in [-0.4, -0.2) is 32.7 Å². The highest BCUT2D eigenvalue weighted by Crippen LogP contribution is 2.13. The van der Waals surface area contributed by atoms with E-state index in [-0.39, 0.29) is 4.90 Å². The zero-order valence-electron chi connectivity index (χ0n) is 14.8. The average molecular weight is 393 g/mol. The highest BCUT2D eigenvalue weighted by molar-refractivity contribution is 7.91. The molecule has 0 unspecified atom stereocenters. The van der Waals surface area contributed by atoms with Gasteiger partial charge < -0.3 is 10.1 Å². The molecule has 0 aliphatic heterocycles. The van der Waals surface area contributed by atoms with Crippen molar-refractivity contribution in [1.82, 2.24) is 0 Å². The van der Waals surface area contributed by atoms with Gasteiger partial charge >= 0.3 is 5.97 Å². The number of hydrogen-bond donors (Lipinski definition) is 1. The summed E-state index contributed by atoms with van der Waals surface area (Å²) in [6.45, 7) is 1.48. The fourth-order valence-corrected chi connectivity index (χ4v) is 3.48. The van der Waals surface area contributed by atoms with Gasteiger partial charge in [-0.3, -0.25) is 9.59 Å². The van der Waals surface area contributed by atoms with Gasteiger partial charge in [0.05, 0.1) is 17.1 Å². The molecule has 2 aromatic carbocycles. The van der Waals surface area contributed by atoms with Crippen LogP contribution in [-0.2, 0) is 30.6 Å². The molecule has 0 radical (unpaired) electrons. The number of nitrogens with one attached hydrogen (secondary N) is 1. The minimum Gasteiger partial charge on any atom is -0.456 e. The monoisotopic (exact) mass is 393 g/mol. The summed E-state index contributed by atoms with van der Waals surface area (Å²) < 4.78 is 41.8. The largest absolute Gasteiger partial charge is 0.456 e. The zero-order chi connectivity index (χ0) is 19.9. The molecule has 27 heavy (non-hydrogen) atoms. The van der Waals surface area contributed by atoms with Gasteiger partial charge in [-0.05, 0) is 48.4 Å². The fraction of sp³-hybridized carbons (Fsp3) is 0.263. The molecule has 0 aliphatic rings. The van der Waals surface area contributed by atoms with Crippen LogP contribution < -0.4 is 5.32 Å². The maximum atomic E-state index is 12.9. The van der Waals surface area contributed by atoms with E-state index >= 15 is 0 Å². The van der Waals surface area contributed by atoms with Gasteiger partial charge in [-0.15, -0.1) is 0 Å². The molecule has 0 saturated carbocycles. The molecule has 0 bridgehead atoms. The Morgan fingerprint density at radius 1 is 1.11 bits per heavy atom. The summed E-state index contributed by atoms with van der Waals surface area (Å²) >= 11 is 0. The van der Waals surface area contributed by atoms with Crippen molar-refractivity contribution in [3.63, 3.8) is 0 Å². The Hall–Kier alpha value is -2.74. The lowest BCUT2D eigenvalue weighted by Gasteiger charge is -2.08. The fourth-order valence-electron chi connectivity index (χ4n) is 2.26. The molecule has 6 nitrogen and oxygen atoms in total. The summed E-state index contributed by atoms with van der Waals surface area (Å²) in [7, 11) is -3.73. The molecule has 0 spiro atoms. The van der Waals surface area contributed by atoms with Crippen LogP contribution in [0.25, 0.3) is 0 Å². The molecule has 1 amide bonds. The summed E-state index contributed by atoms with van der Waals surface area (Å²) in [5.74, 6) is -2.36. The summed E-state index contributed by atoms with van der Waals surface area (Å²) in [6, 6.07) is 11.6. The first-order chi connectivity index (χ1) is 12.8. The third kappa shape index (κ3) is 6.49. The van der Waals surface area contributed by atoms with Crippen LogP contribution in [0.3, 0.4) is 0 Å². The third-order valence-electron chi connectivity index (χ3n) is 3.73. The van der Waals surface area contributed by atoms with Crippen molar-refractivity contribution in [2.45, 2.75) is 24.7 Å². The van der Waals surface area contributed by atoms with Gasteiger partial charge in [0, 0.05) is 5.69 Å². The van der Waals surface area contributed by atoms with Gasteiger partial charge in [0.25, 0.3) is 5.91 Å². The van der Waals surface area contributed by atoms with Gasteiger partial charge in [-0.1, -0.05) is 19.1 Å². The Morgan fingerprint density at radius 3 is 2.48 bits per heavy atom. The molecular weight excluding hydrogens is 373 g/mol. The van der Waals surface area contributed by atoms with Crippen molar-refractivity contribution in [2.24, 2.45) is 0 Å². The van der Waals surface area contributed by atoms with Gasteiger partial charge in [0.1, 0.15) is 5.82 Å². The zero-order valence-corrected chi connectivity index (χ0v) is 15.6. The Balaban J connectivity index is 1.80. The third-order valence-corrected chi connectivity index (χ3v) is 5.46. The number of benzene rings is 2. The maximum Gasteiger partial charge on any atom is 0.307 e. The smallest absolute Gasteiger partial charge is 0.307 e. The molecule has 2 aromatic rings. The Bertz CT molecular complexity index is 910. The molecule has 0 saturated heterocycles. The maximum absolute atomic E-state index is 12.9. The molecule has 1 N–H and O–H groups in total. The van der Waals surface area contributed by atoms with Gasteiger partial charge in [-0.25, -0.2) is 12.8 Å². The van der Waals surface area contributed by atoms with Crippen LogP contribution >= 0.6 is 0 Å².